The Morgan fingerprint density at radius 1 is 1.20 bits per heavy atom. The molecule has 0 bridgehead atoms. The lowest BCUT2D eigenvalue weighted by atomic mass is 9.97. The second kappa shape index (κ2) is 6.34. The molecule has 0 spiro atoms. The van der Waals surface area contributed by atoms with Crippen LogP contribution in [0.25, 0.3) is 10.2 Å². The number of rotatable bonds is 3. The zero-order valence-corrected chi connectivity index (χ0v) is 15.8. The molecule has 5 rings (SSSR count). The Balaban J connectivity index is 1.47. The van der Waals surface area contributed by atoms with E-state index in [1.165, 1.54) is 47.4 Å². The summed E-state index contributed by atoms with van der Waals surface area (Å²) in [5.74, 6) is 1.57. The van der Waals surface area contributed by atoms with Gasteiger partial charge in [0.2, 0.25) is 0 Å². The van der Waals surface area contributed by atoms with Crippen LogP contribution in [0.15, 0.2) is 17.5 Å². The third kappa shape index (κ3) is 2.76. The topological polar surface area (TPSA) is 55.0 Å². The summed E-state index contributed by atoms with van der Waals surface area (Å²) in [7, 11) is 0. The lowest BCUT2D eigenvalue weighted by Crippen LogP contribution is -2.23. The van der Waals surface area contributed by atoms with E-state index in [4.69, 9.17) is 15.7 Å². The summed E-state index contributed by atoms with van der Waals surface area (Å²) < 4.78 is 0. The van der Waals surface area contributed by atoms with E-state index in [1.807, 2.05) is 22.7 Å². The van der Waals surface area contributed by atoms with Gasteiger partial charge >= 0.3 is 0 Å². The second-order valence-corrected chi connectivity index (χ2v) is 9.12. The largest absolute Gasteiger partial charge is 0.383 e. The van der Waals surface area contributed by atoms with Gasteiger partial charge in [-0.1, -0.05) is 6.07 Å². The van der Waals surface area contributed by atoms with Gasteiger partial charge in [-0.15, -0.1) is 22.7 Å². The van der Waals surface area contributed by atoms with Crippen LogP contribution < -0.4 is 5.73 Å². The molecule has 6 heteroatoms. The zero-order chi connectivity index (χ0) is 16.8. The van der Waals surface area contributed by atoms with Gasteiger partial charge in [-0.05, 0) is 62.1 Å². The van der Waals surface area contributed by atoms with E-state index in [9.17, 15) is 0 Å². The van der Waals surface area contributed by atoms with Crippen molar-refractivity contribution in [2.24, 2.45) is 0 Å². The van der Waals surface area contributed by atoms with Crippen LogP contribution >= 0.6 is 22.7 Å². The quantitative estimate of drug-likeness (QED) is 0.735. The first-order chi connectivity index (χ1) is 12.3. The normalized spacial score (nSPS) is 21.0. The molecule has 2 N–H and O–H groups in total. The summed E-state index contributed by atoms with van der Waals surface area (Å²) in [5, 5.41) is 3.31. The number of nitrogen functional groups attached to an aromatic ring is 1. The number of nitrogens with two attached hydrogens (primary N) is 1. The Bertz CT molecular complexity index is 900. The smallest absolute Gasteiger partial charge is 0.146 e. The Hall–Kier alpha value is -1.50. The van der Waals surface area contributed by atoms with Crippen molar-refractivity contribution in [2.45, 2.75) is 51.1 Å². The van der Waals surface area contributed by atoms with Crippen LogP contribution in [0.4, 0.5) is 5.82 Å². The predicted octanol–water partition coefficient (Wildman–Crippen LogP) is 4.55. The van der Waals surface area contributed by atoms with Crippen molar-refractivity contribution in [3.63, 3.8) is 0 Å². The zero-order valence-electron chi connectivity index (χ0n) is 14.2. The standard InChI is InChI=1S/C19H22N4S2/c20-18-17-12-5-1-2-7-14(12)25-19(17)22-16(21-18)11-23-9-3-6-13(23)15-8-4-10-24-15/h4,8,10,13H,1-3,5-7,9,11H2,(H2,20,21,22)/t13-/m1/s1. The van der Waals surface area contributed by atoms with E-state index in [0.717, 1.165) is 35.6 Å². The van der Waals surface area contributed by atoms with E-state index in [0.29, 0.717) is 11.9 Å². The lowest BCUT2D eigenvalue weighted by Gasteiger charge is -2.22. The molecule has 0 radical (unpaired) electrons. The molecule has 4 nitrogen and oxygen atoms in total. The number of aromatic nitrogens is 2. The monoisotopic (exact) mass is 370 g/mol. The third-order valence-corrected chi connectivity index (χ3v) is 7.63. The Morgan fingerprint density at radius 3 is 3.00 bits per heavy atom. The van der Waals surface area contributed by atoms with Crippen molar-refractivity contribution in [3.05, 3.63) is 38.7 Å². The maximum atomic E-state index is 6.37. The fourth-order valence-corrected chi connectivity index (χ4v) is 6.49. The second-order valence-electron chi connectivity index (χ2n) is 7.06. The van der Waals surface area contributed by atoms with Gasteiger partial charge in [0.1, 0.15) is 16.5 Å². The van der Waals surface area contributed by atoms with Crippen molar-refractivity contribution in [2.75, 3.05) is 12.3 Å². The average molecular weight is 371 g/mol. The average Bonchev–Trinajstić information content (AvgIpc) is 3.33. The number of thiophene rings is 2. The molecule has 25 heavy (non-hydrogen) atoms. The summed E-state index contributed by atoms with van der Waals surface area (Å²) in [6.07, 6.45) is 7.33. The molecular weight excluding hydrogens is 348 g/mol. The molecular formula is C19H22N4S2. The van der Waals surface area contributed by atoms with Crippen LogP contribution in [-0.4, -0.2) is 21.4 Å². The number of fused-ring (bicyclic) bond motifs is 3. The van der Waals surface area contributed by atoms with Gasteiger partial charge in [-0.25, -0.2) is 9.97 Å². The molecule has 2 aliphatic rings. The summed E-state index contributed by atoms with van der Waals surface area (Å²) in [6, 6.07) is 4.91. The van der Waals surface area contributed by atoms with E-state index < -0.39 is 0 Å². The summed E-state index contributed by atoms with van der Waals surface area (Å²) in [5.41, 5.74) is 7.79. The summed E-state index contributed by atoms with van der Waals surface area (Å²) in [6.45, 7) is 1.91. The maximum Gasteiger partial charge on any atom is 0.146 e. The molecule has 3 aromatic heterocycles. The van der Waals surface area contributed by atoms with Gasteiger partial charge in [-0.3, -0.25) is 4.90 Å². The van der Waals surface area contributed by atoms with E-state index in [2.05, 4.69) is 22.4 Å². The van der Waals surface area contributed by atoms with Crippen molar-refractivity contribution in [3.8, 4) is 0 Å². The Morgan fingerprint density at radius 2 is 2.12 bits per heavy atom. The van der Waals surface area contributed by atoms with Gasteiger partial charge in [0.15, 0.2) is 0 Å². The van der Waals surface area contributed by atoms with Gasteiger partial charge in [-0.2, -0.15) is 0 Å². The van der Waals surface area contributed by atoms with Gasteiger partial charge < -0.3 is 5.73 Å². The first kappa shape index (κ1) is 15.7. The molecule has 1 saturated heterocycles. The van der Waals surface area contributed by atoms with E-state index >= 15 is 0 Å². The number of hydrogen-bond donors (Lipinski definition) is 1. The number of aryl methyl sites for hydroxylation is 2. The highest BCUT2D eigenvalue weighted by Gasteiger charge is 2.28. The first-order valence-electron chi connectivity index (χ1n) is 9.13. The van der Waals surface area contributed by atoms with Crippen molar-refractivity contribution in [1.82, 2.24) is 14.9 Å². The van der Waals surface area contributed by atoms with Crippen molar-refractivity contribution in [1.29, 1.82) is 0 Å². The summed E-state index contributed by atoms with van der Waals surface area (Å²) in [4.78, 5) is 16.2. The van der Waals surface area contributed by atoms with Crippen LogP contribution in [0.1, 0.15) is 52.9 Å². The molecule has 4 heterocycles. The van der Waals surface area contributed by atoms with E-state index in [-0.39, 0.29) is 0 Å². The summed E-state index contributed by atoms with van der Waals surface area (Å²) >= 11 is 3.69. The van der Waals surface area contributed by atoms with Crippen LogP contribution in [0.5, 0.6) is 0 Å². The Kier molecular flexibility index (Phi) is 3.99. The number of likely N-dealkylation sites (tertiary alicyclic amines) is 1. The molecule has 0 amide bonds. The fraction of sp³-hybridized carbons (Fsp3) is 0.474. The molecule has 0 unspecified atom stereocenters. The van der Waals surface area contributed by atoms with Crippen LogP contribution in [0.2, 0.25) is 0 Å². The minimum atomic E-state index is 0.511. The SMILES string of the molecule is Nc1nc(CN2CCC[C@@H]2c2cccs2)nc2sc3c(c12)CCCC3. The molecule has 1 aliphatic heterocycles. The number of nitrogens with zero attached hydrogens (tertiary/aromatic N) is 3. The Labute approximate surface area is 155 Å². The first-order valence-corrected chi connectivity index (χ1v) is 10.8. The highest BCUT2D eigenvalue weighted by molar-refractivity contribution is 7.19. The highest BCUT2D eigenvalue weighted by atomic mass is 32.1. The molecule has 0 saturated carbocycles. The van der Waals surface area contributed by atoms with Gasteiger partial charge in [0.25, 0.3) is 0 Å². The third-order valence-electron chi connectivity index (χ3n) is 5.47. The van der Waals surface area contributed by atoms with Crippen LogP contribution in [0.3, 0.4) is 0 Å². The molecule has 3 aromatic rings. The van der Waals surface area contributed by atoms with Crippen LogP contribution in [-0.2, 0) is 19.4 Å². The maximum absolute atomic E-state index is 6.37. The molecule has 130 valence electrons. The predicted molar refractivity (Wildman–Crippen MR) is 105 cm³/mol. The molecule has 1 atom stereocenters. The number of anilines is 1. The molecule has 0 aromatic carbocycles. The minimum absolute atomic E-state index is 0.511. The lowest BCUT2D eigenvalue weighted by molar-refractivity contribution is 0.246. The highest BCUT2D eigenvalue weighted by Crippen LogP contribution is 2.39. The minimum Gasteiger partial charge on any atom is -0.383 e. The van der Waals surface area contributed by atoms with E-state index in [1.54, 1.807) is 0 Å². The van der Waals surface area contributed by atoms with Gasteiger partial charge in [0.05, 0.1) is 11.9 Å². The van der Waals surface area contributed by atoms with Gasteiger partial charge in [0, 0.05) is 15.8 Å². The molecule has 1 aliphatic carbocycles. The van der Waals surface area contributed by atoms with Crippen molar-refractivity contribution < 1.29 is 0 Å². The molecule has 1 fully saturated rings. The fourth-order valence-electron chi connectivity index (χ4n) is 4.30. The van der Waals surface area contributed by atoms with Crippen molar-refractivity contribution >= 4 is 38.7 Å². The van der Waals surface area contributed by atoms with Crippen LogP contribution in [0, 0.1) is 0 Å². The number of hydrogen-bond acceptors (Lipinski definition) is 6.